The van der Waals surface area contributed by atoms with Gasteiger partial charge in [-0.3, -0.25) is 9.59 Å². The van der Waals surface area contributed by atoms with E-state index in [-0.39, 0.29) is 12.6 Å². The molecule has 3 N–H and O–H groups in total. The van der Waals surface area contributed by atoms with Crippen molar-refractivity contribution in [1.29, 1.82) is 0 Å². The zero-order valence-electron chi connectivity index (χ0n) is 16.9. The summed E-state index contributed by atoms with van der Waals surface area (Å²) in [4.78, 5) is 22.3. The molecule has 0 heterocycles. The van der Waals surface area contributed by atoms with Gasteiger partial charge < -0.3 is 20.7 Å². The molecule has 0 aliphatic rings. The van der Waals surface area contributed by atoms with E-state index >= 15 is 0 Å². The lowest BCUT2D eigenvalue weighted by Gasteiger charge is -2.23. The fourth-order valence-electron chi connectivity index (χ4n) is 2.65. The smallest absolute Gasteiger partial charge is 0.293 e. The predicted octanol–water partition coefficient (Wildman–Crippen LogP) is 3.64. The highest BCUT2D eigenvalue weighted by Gasteiger charge is 2.15. The summed E-state index contributed by atoms with van der Waals surface area (Å²) in [6, 6.07) is 13.3. The van der Waals surface area contributed by atoms with E-state index in [1.165, 1.54) is 10.5 Å². The van der Waals surface area contributed by atoms with Gasteiger partial charge in [0.2, 0.25) is 6.41 Å². The van der Waals surface area contributed by atoms with E-state index in [0.717, 1.165) is 22.5 Å². The van der Waals surface area contributed by atoms with Crippen molar-refractivity contribution in [2.45, 2.75) is 19.9 Å². The number of rotatable bonds is 8. The number of hydrogen-bond acceptors (Lipinski definition) is 5. The quantitative estimate of drug-likeness (QED) is 0.537. The van der Waals surface area contributed by atoms with Gasteiger partial charge in [-0.05, 0) is 36.6 Å². The molecule has 0 saturated heterocycles. The number of allylic oxidation sites excluding steroid dienone is 1. The van der Waals surface area contributed by atoms with Crippen LogP contribution in [0, 0.1) is 6.92 Å². The van der Waals surface area contributed by atoms with E-state index in [1.54, 1.807) is 7.05 Å². The van der Waals surface area contributed by atoms with Gasteiger partial charge in [0, 0.05) is 14.1 Å². The number of nitrogens with one attached hydrogen (secondary N) is 1. The van der Waals surface area contributed by atoms with E-state index in [1.807, 2.05) is 63.4 Å². The molecule has 150 valence electrons. The minimum absolute atomic E-state index is 0.169. The third kappa shape index (κ3) is 6.46. The minimum atomic E-state index is -0.228. The molecule has 2 rings (SSSR count). The molecule has 0 radical (unpaired) electrons. The van der Waals surface area contributed by atoms with Gasteiger partial charge in [-0.1, -0.05) is 48.6 Å². The maximum Gasteiger partial charge on any atom is 0.293 e. The predicted molar refractivity (Wildman–Crippen MR) is 115 cm³/mol. The Kier molecular flexibility index (Phi) is 9.89. The van der Waals surface area contributed by atoms with Crippen molar-refractivity contribution in [2.24, 2.45) is 0 Å². The summed E-state index contributed by atoms with van der Waals surface area (Å²) in [7, 11) is 3.53. The fraction of sp³-hybridized carbons (Fsp3) is 0.273. The van der Waals surface area contributed by atoms with Gasteiger partial charge in [0.15, 0.2) is 0 Å². The third-order valence-electron chi connectivity index (χ3n) is 4.34. The van der Waals surface area contributed by atoms with Crippen LogP contribution in [0.3, 0.4) is 0 Å². The highest BCUT2D eigenvalue weighted by Crippen LogP contribution is 2.25. The summed E-state index contributed by atoms with van der Waals surface area (Å²) >= 11 is 0. The third-order valence-corrected chi connectivity index (χ3v) is 4.34. The first-order chi connectivity index (χ1) is 13.5. The highest BCUT2D eigenvalue weighted by atomic mass is 16.5. The molecule has 1 atom stereocenters. The minimum Gasteiger partial charge on any atom is -0.465 e. The average Bonchev–Trinajstić information content (AvgIpc) is 2.73. The topological polar surface area (TPSA) is 84.7 Å². The van der Waals surface area contributed by atoms with Crippen LogP contribution in [-0.2, 0) is 14.3 Å². The average molecular weight is 383 g/mol. The van der Waals surface area contributed by atoms with Crippen molar-refractivity contribution >= 4 is 30.3 Å². The Morgan fingerprint density at radius 1 is 1.18 bits per heavy atom. The monoisotopic (exact) mass is 383 g/mol. The maximum absolute atomic E-state index is 10.7. The number of nitrogens with zero attached hydrogens (tertiary/aromatic N) is 1. The molecule has 2 aromatic rings. The molecule has 0 aliphatic heterocycles. The lowest BCUT2D eigenvalue weighted by atomic mass is 10.1. The van der Waals surface area contributed by atoms with Gasteiger partial charge in [-0.15, -0.1) is 0 Å². The lowest BCUT2D eigenvalue weighted by molar-refractivity contribution is -0.132. The maximum atomic E-state index is 10.7. The number of benzene rings is 2. The molecule has 0 fully saturated rings. The number of ether oxygens (including phenoxy) is 1. The summed E-state index contributed by atoms with van der Waals surface area (Å²) in [5.41, 5.74) is 11.0. The van der Waals surface area contributed by atoms with Crippen molar-refractivity contribution in [1.82, 2.24) is 4.90 Å². The zero-order valence-corrected chi connectivity index (χ0v) is 16.9. The van der Waals surface area contributed by atoms with Crippen molar-refractivity contribution in [3.8, 4) is 0 Å². The molecular formula is C22H29N3O3. The van der Waals surface area contributed by atoms with Gasteiger partial charge in [0.1, 0.15) is 6.61 Å². The number of nitrogen functional groups attached to an aromatic ring is 1. The first kappa shape index (κ1) is 22.8. The van der Waals surface area contributed by atoms with E-state index < -0.39 is 0 Å². The second-order valence-electron chi connectivity index (χ2n) is 6.12. The van der Waals surface area contributed by atoms with E-state index in [9.17, 15) is 9.59 Å². The van der Waals surface area contributed by atoms with E-state index in [0.29, 0.717) is 12.9 Å². The van der Waals surface area contributed by atoms with Crippen LogP contribution in [0.1, 0.15) is 29.7 Å². The van der Waals surface area contributed by atoms with Crippen LogP contribution in [0.5, 0.6) is 0 Å². The van der Waals surface area contributed by atoms with E-state index in [2.05, 4.69) is 17.5 Å². The molecule has 0 spiro atoms. The van der Waals surface area contributed by atoms with Crippen LogP contribution < -0.4 is 11.1 Å². The molecule has 6 heteroatoms. The van der Waals surface area contributed by atoms with Crippen LogP contribution in [0.15, 0.2) is 48.5 Å². The molecule has 0 aliphatic carbocycles. The second-order valence-corrected chi connectivity index (χ2v) is 6.12. The molecule has 2 aromatic carbocycles. The van der Waals surface area contributed by atoms with E-state index in [4.69, 9.17) is 10.5 Å². The number of nitrogens with two attached hydrogens (primary N) is 1. The standard InChI is InChI=1S/C11H16N2.C11H13NO3/c1-4-5-9-6-7-10(13-3)11(12)8(9)2;1-12(8-13)11(7-15-9-14)10-5-3-2-4-6-10/h4-7,13H,12H2,1-3H3;2-6,8-9,11H,7H2,1H3/b5-4+;. The van der Waals surface area contributed by atoms with Crippen molar-refractivity contribution < 1.29 is 14.3 Å². The molecule has 1 unspecified atom stereocenters. The van der Waals surface area contributed by atoms with Crippen LogP contribution in [0.25, 0.3) is 6.08 Å². The SMILES string of the molecule is C/C=C/c1ccc(NC)c(N)c1C.CN(C=O)C(COC=O)c1ccccc1. The van der Waals surface area contributed by atoms with Crippen LogP contribution in [-0.4, -0.2) is 38.5 Å². The summed E-state index contributed by atoms with van der Waals surface area (Å²) in [5, 5.41) is 3.06. The van der Waals surface area contributed by atoms with Gasteiger partial charge in [-0.2, -0.15) is 0 Å². The van der Waals surface area contributed by atoms with Gasteiger partial charge >= 0.3 is 0 Å². The Morgan fingerprint density at radius 2 is 1.86 bits per heavy atom. The zero-order chi connectivity index (χ0) is 20.9. The van der Waals surface area contributed by atoms with Crippen LogP contribution in [0.4, 0.5) is 11.4 Å². The van der Waals surface area contributed by atoms with Gasteiger partial charge in [0.05, 0.1) is 17.4 Å². The lowest BCUT2D eigenvalue weighted by Crippen LogP contribution is -2.26. The van der Waals surface area contributed by atoms with Crippen molar-refractivity contribution in [2.75, 3.05) is 31.8 Å². The number of carbonyl (C=O) groups excluding carboxylic acids is 2. The Balaban J connectivity index is 0.000000283. The molecule has 0 aromatic heterocycles. The number of anilines is 2. The number of likely N-dealkylation sites (N-methyl/N-ethyl adjacent to an activating group) is 1. The van der Waals surface area contributed by atoms with Crippen molar-refractivity contribution in [3.63, 3.8) is 0 Å². The first-order valence-electron chi connectivity index (χ1n) is 8.97. The fourth-order valence-corrected chi connectivity index (χ4v) is 2.65. The van der Waals surface area contributed by atoms with Crippen LogP contribution >= 0.6 is 0 Å². The summed E-state index contributed by atoms with van der Waals surface area (Å²) in [6.07, 6.45) is 4.79. The number of hydrogen-bond donors (Lipinski definition) is 2. The second kappa shape index (κ2) is 12.2. The molecular weight excluding hydrogens is 354 g/mol. The molecule has 1 amide bonds. The highest BCUT2D eigenvalue weighted by molar-refractivity contribution is 5.75. The summed E-state index contributed by atoms with van der Waals surface area (Å²) in [5.74, 6) is 0. The molecule has 0 saturated carbocycles. The molecule has 28 heavy (non-hydrogen) atoms. The number of amides is 1. The Morgan fingerprint density at radius 3 is 2.39 bits per heavy atom. The number of carbonyl (C=O) groups is 2. The molecule has 0 bridgehead atoms. The Labute approximate surface area is 167 Å². The largest absolute Gasteiger partial charge is 0.465 e. The van der Waals surface area contributed by atoms with Crippen LogP contribution in [0.2, 0.25) is 0 Å². The van der Waals surface area contributed by atoms with Gasteiger partial charge in [0.25, 0.3) is 6.47 Å². The van der Waals surface area contributed by atoms with Crippen molar-refractivity contribution in [3.05, 3.63) is 65.2 Å². The Bertz CT molecular complexity index is 776. The summed E-state index contributed by atoms with van der Waals surface area (Å²) in [6.45, 7) is 4.59. The first-order valence-corrected chi connectivity index (χ1v) is 8.97. The normalized spacial score (nSPS) is 11.1. The summed E-state index contributed by atoms with van der Waals surface area (Å²) < 4.78 is 4.69. The Hall–Kier alpha value is -3.28. The van der Waals surface area contributed by atoms with Gasteiger partial charge in [-0.25, -0.2) is 0 Å². The molecule has 6 nitrogen and oxygen atoms in total.